The highest BCUT2D eigenvalue weighted by Crippen LogP contribution is 2.16. The van der Waals surface area contributed by atoms with E-state index < -0.39 is 17.5 Å². The van der Waals surface area contributed by atoms with Crippen molar-refractivity contribution in [2.24, 2.45) is 0 Å². The second kappa shape index (κ2) is 7.21. The Bertz CT molecular complexity index is 729. The van der Waals surface area contributed by atoms with Gasteiger partial charge in [0.25, 0.3) is 0 Å². The molecule has 1 aromatic carbocycles. The van der Waals surface area contributed by atoms with Crippen molar-refractivity contribution >= 4 is 23.4 Å². The molecule has 1 heterocycles. The summed E-state index contributed by atoms with van der Waals surface area (Å²) in [6.07, 6.45) is 0.758. The van der Waals surface area contributed by atoms with Gasteiger partial charge in [-0.05, 0) is 18.6 Å². The second-order valence-electron chi connectivity index (χ2n) is 4.43. The fourth-order valence-corrected chi connectivity index (χ4v) is 2.51. The molecule has 9 heteroatoms. The second-order valence-corrected chi connectivity index (χ2v) is 5.37. The van der Waals surface area contributed by atoms with E-state index in [2.05, 4.69) is 15.5 Å². The highest BCUT2D eigenvalue weighted by atomic mass is 32.2. The van der Waals surface area contributed by atoms with Gasteiger partial charge < -0.3 is 5.32 Å². The molecule has 118 valence electrons. The maximum Gasteiger partial charge on any atom is 0.343 e. The molecule has 22 heavy (non-hydrogen) atoms. The van der Waals surface area contributed by atoms with Crippen LogP contribution in [0.1, 0.15) is 13.3 Å². The number of amides is 1. The molecular formula is C13H14F2N4O2S. The molecule has 2 aromatic rings. The fourth-order valence-electron chi connectivity index (χ4n) is 1.74. The average molecular weight is 328 g/mol. The lowest BCUT2D eigenvalue weighted by Crippen LogP contribution is -2.18. The van der Waals surface area contributed by atoms with E-state index in [1.54, 1.807) is 0 Å². The third-order valence-electron chi connectivity index (χ3n) is 2.71. The Morgan fingerprint density at radius 3 is 2.86 bits per heavy atom. The Hall–Kier alpha value is -2.16. The molecule has 1 aromatic heterocycles. The van der Waals surface area contributed by atoms with E-state index in [1.807, 2.05) is 6.92 Å². The first-order chi connectivity index (χ1) is 10.5. The zero-order chi connectivity index (χ0) is 16.1. The van der Waals surface area contributed by atoms with E-state index in [9.17, 15) is 18.4 Å². The number of nitrogens with zero attached hydrogens (tertiary/aromatic N) is 2. The molecular weight excluding hydrogens is 314 g/mol. The van der Waals surface area contributed by atoms with E-state index in [0.29, 0.717) is 11.7 Å². The summed E-state index contributed by atoms with van der Waals surface area (Å²) in [6.45, 7) is 2.42. The summed E-state index contributed by atoms with van der Waals surface area (Å²) in [7, 11) is 0. The molecule has 0 aliphatic heterocycles. The van der Waals surface area contributed by atoms with Gasteiger partial charge in [0, 0.05) is 18.3 Å². The summed E-state index contributed by atoms with van der Waals surface area (Å²) in [5.41, 5.74) is -0.164. The molecule has 1 amide bonds. The lowest BCUT2D eigenvalue weighted by Gasteiger charge is -2.06. The number of thioether (sulfide) groups is 1. The van der Waals surface area contributed by atoms with Gasteiger partial charge in [-0.25, -0.2) is 18.7 Å². The van der Waals surface area contributed by atoms with Gasteiger partial charge >= 0.3 is 5.69 Å². The fraction of sp³-hybridized carbons (Fsp3) is 0.308. The van der Waals surface area contributed by atoms with Gasteiger partial charge in [0.05, 0.1) is 5.75 Å². The Morgan fingerprint density at radius 2 is 2.18 bits per heavy atom. The van der Waals surface area contributed by atoms with Crippen LogP contribution in [0, 0.1) is 11.6 Å². The molecule has 0 saturated carbocycles. The molecule has 2 N–H and O–H groups in total. The van der Waals surface area contributed by atoms with Crippen LogP contribution in [0.4, 0.5) is 14.5 Å². The van der Waals surface area contributed by atoms with Crippen molar-refractivity contribution in [3.8, 4) is 0 Å². The number of rotatable bonds is 6. The van der Waals surface area contributed by atoms with Crippen LogP contribution < -0.4 is 11.0 Å². The molecule has 0 unspecified atom stereocenters. The van der Waals surface area contributed by atoms with Crippen LogP contribution in [0.3, 0.4) is 0 Å². The summed E-state index contributed by atoms with van der Waals surface area (Å²) in [4.78, 5) is 23.3. The normalized spacial score (nSPS) is 10.7. The highest BCUT2D eigenvalue weighted by molar-refractivity contribution is 7.99. The predicted molar refractivity (Wildman–Crippen MR) is 78.9 cm³/mol. The summed E-state index contributed by atoms with van der Waals surface area (Å²) < 4.78 is 27.3. The molecule has 0 fully saturated rings. The number of hydrogen-bond acceptors (Lipinski definition) is 4. The van der Waals surface area contributed by atoms with E-state index in [4.69, 9.17) is 0 Å². The third kappa shape index (κ3) is 3.94. The molecule has 0 aliphatic carbocycles. The number of nitrogens with one attached hydrogen (secondary N) is 2. The predicted octanol–water partition coefficient (Wildman–Crippen LogP) is 1.99. The van der Waals surface area contributed by atoms with Crippen molar-refractivity contribution in [1.29, 1.82) is 0 Å². The zero-order valence-electron chi connectivity index (χ0n) is 11.7. The number of benzene rings is 1. The number of hydrogen-bond donors (Lipinski definition) is 2. The van der Waals surface area contributed by atoms with Gasteiger partial charge in [0.2, 0.25) is 5.91 Å². The first-order valence-corrected chi connectivity index (χ1v) is 7.52. The van der Waals surface area contributed by atoms with Crippen LogP contribution in [-0.4, -0.2) is 26.4 Å². The van der Waals surface area contributed by atoms with Gasteiger partial charge in [0.1, 0.15) is 0 Å². The van der Waals surface area contributed by atoms with Crippen LogP contribution in [0.2, 0.25) is 0 Å². The number of halogens is 2. The van der Waals surface area contributed by atoms with E-state index in [0.717, 1.165) is 30.3 Å². The number of H-pyrrole nitrogens is 1. The summed E-state index contributed by atoms with van der Waals surface area (Å²) in [5.74, 6) is -2.43. The Morgan fingerprint density at radius 1 is 1.41 bits per heavy atom. The molecule has 0 atom stereocenters. The van der Waals surface area contributed by atoms with Crippen LogP contribution in [-0.2, 0) is 11.3 Å². The van der Waals surface area contributed by atoms with Crippen molar-refractivity contribution in [2.75, 3.05) is 11.1 Å². The highest BCUT2D eigenvalue weighted by Gasteiger charge is 2.11. The summed E-state index contributed by atoms with van der Waals surface area (Å²) in [5, 5.41) is 9.02. The smallest absolute Gasteiger partial charge is 0.325 e. The summed E-state index contributed by atoms with van der Waals surface area (Å²) >= 11 is 1.08. The van der Waals surface area contributed by atoms with E-state index in [1.165, 1.54) is 10.6 Å². The van der Waals surface area contributed by atoms with Crippen LogP contribution in [0.5, 0.6) is 0 Å². The van der Waals surface area contributed by atoms with Crippen molar-refractivity contribution in [3.63, 3.8) is 0 Å². The quantitative estimate of drug-likeness (QED) is 0.795. The average Bonchev–Trinajstić information content (AvgIpc) is 2.82. The topological polar surface area (TPSA) is 79.8 Å². The minimum atomic E-state index is -1.03. The van der Waals surface area contributed by atoms with Gasteiger partial charge in [0.15, 0.2) is 16.8 Å². The summed E-state index contributed by atoms with van der Waals surface area (Å²) in [6, 6.07) is 3.10. The van der Waals surface area contributed by atoms with Crippen LogP contribution >= 0.6 is 11.8 Å². The van der Waals surface area contributed by atoms with Crippen molar-refractivity contribution in [3.05, 3.63) is 40.3 Å². The zero-order valence-corrected chi connectivity index (χ0v) is 12.5. The van der Waals surface area contributed by atoms with Gasteiger partial charge in [-0.15, -0.1) is 5.10 Å². The van der Waals surface area contributed by atoms with E-state index >= 15 is 0 Å². The van der Waals surface area contributed by atoms with Crippen molar-refractivity contribution in [1.82, 2.24) is 14.8 Å². The molecule has 6 nitrogen and oxygen atoms in total. The molecule has 0 spiro atoms. The SMILES string of the molecule is CCCn1c(SCC(=O)Nc2ccc(F)c(F)c2)n[nH]c1=O. The lowest BCUT2D eigenvalue weighted by atomic mass is 10.3. The molecule has 2 rings (SSSR count). The van der Waals surface area contributed by atoms with E-state index in [-0.39, 0.29) is 17.1 Å². The maximum absolute atomic E-state index is 13.0. The minimum absolute atomic E-state index is 0.00694. The largest absolute Gasteiger partial charge is 0.343 e. The van der Waals surface area contributed by atoms with Crippen molar-refractivity contribution < 1.29 is 13.6 Å². The molecule has 0 bridgehead atoms. The maximum atomic E-state index is 13.0. The molecule has 0 saturated heterocycles. The van der Waals surface area contributed by atoms with Crippen molar-refractivity contribution in [2.45, 2.75) is 25.0 Å². The molecule has 0 radical (unpaired) electrons. The number of aromatic amines is 1. The number of carbonyl (C=O) groups is 1. The monoisotopic (exact) mass is 328 g/mol. The van der Waals surface area contributed by atoms with Crippen LogP contribution in [0.25, 0.3) is 0 Å². The standard InChI is InChI=1S/C13H14F2N4O2S/c1-2-5-19-12(21)17-18-13(19)22-7-11(20)16-8-3-4-9(14)10(15)6-8/h3-4,6H,2,5,7H2,1H3,(H,16,20)(H,17,21). The van der Waals surface area contributed by atoms with Gasteiger partial charge in [-0.1, -0.05) is 18.7 Å². The van der Waals surface area contributed by atoms with Gasteiger partial charge in [-0.3, -0.25) is 9.36 Å². The Labute approximate surface area is 128 Å². The van der Waals surface area contributed by atoms with Crippen LogP contribution in [0.15, 0.2) is 28.2 Å². The number of aromatic nitrogens is 3. The molecule has 0 aliphatic rings. The first kappa shape index (κ1) is 16.2. The number of carbonyl (C=O) groups excluding carboxylic acids is 1. The minimum Gasteiger partial charge on any atom is -0.325 e. The van der Waals surface area contributed by atoms with Gasteiger partial charge in [-0.2, -0.15) is 0 Å². The Balaban J connectivity index is 1.95. The first-order valence-electron chi connectivity index (χ1n) is 6.54. The third-order valence-corrected chi connectivity index (χ3v) is 3.68. The number of anilines is 1. The Kier molecular flexibility index (Phi) is 5.31. The lowest BCUT2D eigenvalue weighted by molar-refractivity contribution is -0.113.